The maximum atomic E-state index is 12.8. The molecule has 0 aliphatic carbocycles. The normalized spacial score (nSPS) is 10.5. The molecule has 0 saturated carbocycles. The number of carbonyl (C=O) groups is 2. The second-order valence-electron chi connectivity index (χ2n) is 6.86. The van der Waals surface area contributed by atoms with Crippen LogP contribution in [0.15, 0.2) is 54.6 Å². The van der Waals surface area contributed by atoms with E-state index in [2.05, 4.69) is 5.32 Å². The SMILES string of the molecule is CCOc1ccc(-n2c(C)cc(C(=O)COc3ccc(C(=O)NC)cc3)c2C)cc1. The zero-order chi connectivity index (χ0) is 21.7. The molecule has 156 valence electrons. The summed E-state index contributed by atoms with van der Waals surface area (Å²) in [6.07, 6.45) is 0. The molecule has 0 aliphatic rings. The zero-order valence-corrected chi connectivity index (χ0v) is 17.7. The van der Waals surface area contributed by atoms with E-state index in [4.69, 9.17) is 9.47 Å². The first-order valence-electron chi connectivity index (χ1n) is 9.85. The van der Waals surface area contributed by atoms with Crippen LogP contribution in [0.25, 0.3) is 5.69 Å². The van der Waals surface area contributed by atoms with Crippen molar-refractivity contribution in [3.05, 3.63) is 77.1 Å². The highest BCUT2D eigenvalue weighted by Crippen LogP contribution is 2.23. The van der Waals surface area contributed by atoms with Gasteiger partial charge in [0.25, 0.3) is 5.91 Å². The van der Waals surface area contributed by atoms with Gasteiger partial charge in [-0.1, -0.05) is 0 Å². The van der Waals surface area contributed by atoms with Crippen molar-refractivity contribution in [1.29, 1.82) is 0 Å². The van der Waals surface area contributed by atoms with Gasteiger partial charge in [-0.15, -0.1) is 0 Å². The van der Waals surface area contributed by atoms with Crippen molar-refractivity contribution in [1.82, 2.24) is 9.88 Å². The summed E-state index contributed by atoms with van der Waals surface area (Å²) in [5.74, 6) is 1.09. The molecule has 1 aromatic heterocycles. The maximum Gasteiger partial charge on any atom is 0.251 e. The summed E-state index contributed by atoms with van der Waals surface area (Å²) in [7, 11) is 1.58. The molecule has 6 nitrogen and oxygen atoms in total. The Kier molecular flexibility index (Phi) is 6.57. The summed E-state index contributed by atoms with van der Waals surface area (Å²) in [5.41, 5.74) is 3.96. The Balaban J connectivity index is 1.72. The first kappa shape index (κ1) is 21.2. The van der Waals surface area contributed by atoms with Crippen molar-refractivity contribution < 1.29 is 19.1 Å². The van der Waals surface area contributed by atoms with Crippen LogP contribution in [0, 0.1) is 13.8 Å². The molecule has 0 radical (unpaired) electrons. The van der Waals surface area contributed by atoms with Crippen LogP contribution in [-0.2, 0) is 0 Å². The van der Waals surface area contributed by atoms with Gasteiger partial charge >= 0.3 is 0 Å². The molecule has 30 heavy (non-hydrogen) atoms. The molecule has 0 aliphatic heterocycles. The summed E-state index contributed by atoms with van der Waals surface area (Å²) in [4.78, 5) is 24.4. The highest BCUT2D eigenvalue weighted by Gasteiger charge is 2.17. The van der Waals surface area contributed by atoms with E-state index < -0.39 is 0 Å². The number of amides is 1. The molecular formula is C24H26N2O4. The van der Waals surface area contributed by atoms with Gasteiger partial charge in [0.05, 0.1) is 6.61 Å². The Labute approximate surface area is 176 Å². The third kappa shape index (κ3) is 4.54. The van der Waals surface area contributed by atoms with E-state index >= 15 is 0 Å². The Morgan fingerprint density at radius 3 is 2.13 bits per heavy atom. The van der Waals surface area contributed by atoms with Crippen LogP contribution in [0.1, 0.15) is 39.0 Å². The average Bonchev–Trinajstić information content (AvgIpc) is 3.06. The lowest BCUT2D eigenvalue weighted by molar-refractivity contribution is 0.0918. The van der Waals surface area contributed by atoms with Crippen LogP contribution in [0.4, 0.5) is 0 Å². The molecule has 0 fully saturated rings. The van der Waals surface area contributed by atoms with E-state index in [9.17, 15) is 9.59 Å². The first-order chi connectivity index (χ1) is 14.4. The molecule has 0 unspecified atom stereocenters. The highest BCUT2D eigenvalue weighted by molar-refractivity contribution is 5.99. The summed E-state index contributed by atoms with van der Waals surface area (Å²) >= 11 is 0. The van der Waals surface area contributed by atoms with Crippen LogP contribution in [0.2, 0.25) is 0 Å². The second kappa shape index (κ2) is 9.31. The molecule has 2 aromatic carbocycles. The number of aryl methyl sites for hydroxylation is 1. The van der Waals surface area contributed by atoms with Crippen LogP contribution in [0.3, 0.4) is 0 Å². The number of nitrogens with one attached hydrogen (secondary N) is 1. The fourth-order valence-electron chi connectivity index (χ4n) is 3.37. The minimum absolute atomic E-state index is 0.0765. The van der Waals surface area contributed by atoms with Crippen molar-refractivity contribution in [2.24, 2.45) is 0 Å². The molecule has 0 atom stereocenters. The lowest BCUT2D eigenvalue weighted by Crippen LogP contribution is -2.17. The molecule has 1 heterocycles. The molecule has 6 heteroatoms. The van der Waals surface area contributed by atoms with Crippen LogP contribution in [0.5, 0.6) is 11.5 Å². The van der Waals surface area contributed by atoms with Crippen LogP contribution >= 0.6 is 0 Å². The largest absolute Gasteiger partial charge is 0.494 e. The summed E-state index contributed by atoms with van der Waals surface area (Å²) < 4.78 is 13.2. The third-order valence-electron chi connectivity index (χ3n) is 4.85. The van der Waals surface area contributed by atoms with E-state index in [0.29, 0.717) is 23.5 Å². The van der Waals surface area contributed by atoms with E-state index in [1.54, 1.807) is 31.3 Å². The molecule has 1 N–H and O–H groups in total. The van der Waals surface area contributed by atoms with Gasteiger partial charge in [0.15, 0.2) is 6.61 Å². The number of aromatic nitrogens is 1. The Bertz CT molecular complexity index is 1030. The first-order valence-corrected chi connectivity index (χ1v) is 9.85. The maximum absolute atomic E-state index is 12.8. The Morgan fingerprint density at radius 2 is 1.53 bits per heavy atom. The number of ether oxygens (including phenoxy) is 2. The molecular weight excluding hydrogens is 380 g/mol. The van der Waals surface area contributed by atoms with E-state index in [1.807, 2.05) is 55.7 Å². The zero-order valence-electron chi connectivity index (χ0n) is 17.7. The molecule has 0 saturated heterocycles. The van der Waals surface area contributed by atoms with Crippen LogP contribution in [-0.4, -0.2) is 36.5 Å². The van der Waals surface area contributed by atoms with Gasteiger partial charge in [0.2, 0.25) is 5.78 Å². The van der Waals surface area contributed by atoms with E-state index in [1.165, 1.54) is 0 Å². The summed E-state index contributed by atoms with van der Waals surface area (Å²) in [5, 5.41) is 2.57. The highest BCUT2D eigenvalue weighted by atomic mass is 16.5. The predicted octanol–water partition coefficient (Wildman–Crippen LogP) is 4.11. The molecule has 3 aromatic rings. The molecule has 3 rings (SSSR count). The number of nitrogens with zero attached hydrogens (tertiary/aromatic N) is 1. The third-order valence-corrected chi connectivity index (χ3v) is 4.85. The number of rotatable bonds is 8. The molecule has 0 bridgehead atoms. The second-order valence-corrected chi connectivity index (χ2v) is 6.86. The topological polar surface area (TPSA) is 69.6 Å². The van der Waals surface area contributed by atoms with Gasteiger partial charge in [0.1, 0.15) is 11.5 Å². The number of carbonyl (C=O) groups excluding carboxylic acids is 2. The van der Waals surface area contributed by atoms with Gasteiger partial charge in [-0.2, -0.15) is 0 Å². The monoisotopic (exact) mass is 406 g/mol. The smallest absolute Gasteiger partial charge is 0.251 e. The fourth-order valence-corrected chi connectivity index (χ4v) is 3.37. The Morgan fingerprint density at radius 1 is 0.933 bits per heavy atom. The number of ketones is 1. The fraction of sp³-hybridized carbons (Fsp3) is 0.250. The van der Waals surface area contributed by atoms with E-state index in [-0.39, 0.29) is 18.3 Å². The number of benzene rings is 2. The van der Waals surface area contributed by atoms with Crippen molar-refractivity contribution >= 4 is 11.7 Å². The quantitative estimate of drug-likeness (QED) is 0.572. The van der Waals surface area contributed by atoms with Crippen molar-refractivity contribution in [2.75, 3.05) is 20.3 Å². The minimum atomic E-state index is -0.167. The summed E-state index contributed by atoms with van der Waals surface area (Å²) in [6.45, 7) is 6.39. The van der Waals surface area contributed by atoms with Gasteiger partial charge in [-0.05, 0) is 75.4 Å². The van der Waals surface area contributed by atoms with Crippen molar-refractivity contribution in [2.45, 2.75) is 20.8 Å². The number of hydrogen-bond donors (Lipinski definition) is 1. The number of Topliss-reactive ketones (excluding diaryl/α,β-unsaturated/α-hetero) is 1. The lowest BCUT2D eigenvalue weighted by atomic mass is 10.1. The standard InChI is InChI=1S/C24H26N2O4/c1-5-29-20-12-8-19(9-13-20)26-16(2)14-22(17(26)3)23(27)15-30-21-10-6-18(7-11-21)24(28)25-4/h6-14H,5,15H2,1-4H3,(H,25,28). The van der Waals surface area contributed by atoms with Gasteiger partial charge < -0.3 is 19.4 Å². The van der Waals surface area contributed by atoms with Gasteiger partial charge in [-0.25, -0.2) is 0 Å². The number of hydrogen-bond acceptors (Lipinski definition) is 4. The average molecular weight is 406 g/mol. The van der Waals surface area contributed by atoms with Crippen molar-refractivity contribution in [3.63, 3.8) is 0 Å². The van der Waals surface area contributed by atoms with E-state index in [0.717, 1.165) is 22.8 Å². The summed E-state index contributed by atoms with van der Waals surface area (Å²) in [6, 6.07) is 16.4. The van der Waals surface area contributed by atoms with Crippen LogP contribution < -0.4 is 14.8 Å². The molecule has 1 amide bonds. The Hall–Kier alpha value is -3.54. The minimum Gasteiger partial charge on any atom is -0.494 e. The molecule has 0 spiro atoms. The van der Waals surface area contributed by atoms with Gasteiger partial charge in [0, 0.05) is 35.2 Å². The predicted molar refractivity (Wildman–Crippen MR) is 116 cm³/mol. The lowest BCUT2D eigenvalue weighted by Gasteiger charge is -2.11. The van der Waals surface area contributed by atoms with Gasteiger partial charge in [-0.3, -0.25) is 9.59 Å². The van der Waals surface area contributed by atoms with Crippen molar-refractivity contribution in [3.8, 4) is 17.2 Å².